The highest BCUT2D eigenvalue weighted by atomic mass is 16.5. The van der Waals surface area contributed by atoms with E-state index in [0.29, 0.717) is 12.1 Å². The lowest BCUT2D eigenvalue weighted by molar-refractivity contribution is -0.120. The predicted molar refractivity (Wildman–Crippen MR) is 118 cm³/mol. The van der Waals surface area contributed by atoms with Crippen LogP contribution in [0.15, 0.2) is 42.5 Å². The van der Waals surface area contributed by atoms with Crippen molar-refractivity contribution in [1.29, 1.82) is 0 Å². The van der Waals surface area contributed by atoms with E-state index in [1.165, 1.54) is 12.8 Å². The minimum atomic E-state index is -0.239. The number of carbonyl (C=O) groups excluding carboxylic acids is 2. The van der Waals surface area contributed by atoms with Crippen LogP contribution in [0.25, 0.3) is 0 Å². The van der Waals surface area contributed by atoms with Crippen LogP contribution in [0.1, 0.15) is 45.9 Å². The second-order valence-electron chi connectivity index (χ2n) is 7.82. The summed E-state index contributed by atoms with van der Waals surface area (Å²) in [6, 6.07) is 13.6. The van der Waals surface area contributed by atoms with Crippen molar-refractivity contribution in [3.63, 3.8) is 0 Å². The molecule has 0 spiro atoms. The Morgan fingerprint density at radius 3 is 2.50 bits per heavy atom. The van der Waals surface area contributed by atoms with Gasteiger partial charge in [-0.2, -0.15) is 0 Å². The predicted octanol–water partition coefficient (Wildman–Crippen LogP) is 3.00. The van der Waals surface area contributed by atoms with Gasteiger partial charge in [0.15, 0.2) is 0 Å². The molecule has 1 heterocycles. The smallest absolute Gasteiger partial charge is 0.251 e. The summed E-state index contributed by atoms with van der Waals surface area (Å²) in [5, 5.41) is 5.70. The Morgan fingerprint density at radius 2 is 1.80 bits per heavy atom. The highest BCUT2D eigenvalue weighted by Gasteiger charge is 2.24. The molecule has 3 rings (SSSR count). The normalized spacial score (nSPS) is 14.9. The van der Waals surface area contributed by atoms with Crippen LogP contribution < -0.4 is 15.4 Å². The van der Waals surface area contributed by atoms with Gasteiger partial charge in [-0.15, -0.1) is 0 Å². The molecule has 2 amide bonds. The first-order valence-corrected chi connectivity index (χ1v) is 10.5. The second kappa shape index (κ2) is 10.3. The van der Waals surface area contributed by atoms with Gasteiger partial charge >= 0.3 is 0 Å². The van der Waals surface area contributed by atoms with E-state index in [2.05, 4.69) is 21.6 Å². The summed E-state index contributed by atoms with van der Waals surface area (Å²) in [7, 11) is 1.66. The van der Waals surface area contributed by atoms with Crippen LogP contribution in [0, 0.1) is 13.8 Å². The van der Waals surface area contributed by atoms with Gasteiger partial charge in [0.05, 0.1) is 19.7 Å². The van der Waals surface area contributed by atoms with Crippen molar-refractivity contribution in [1.82, 2.24) is 15.5 Å². The molecular formula is C24H31N3O3. The van der Waals surface area contributed by atoms with Gasteiger partial charge in [0.25, 0.3) is 5.91 Å². The Hall–Kier alpha value is -2.86. The van der Waals surface area contributed by atoms with Gasteiger partial charge in [0, 0.05) is 12.1 Å². The first-order chi connectivity index (χ1) is 14.5. The lowest BCUT2D eigenvalue weighted by Gasteiger charge is -2.28. The Labute approximate surface area is 178 Å². The highest BCUT2D eigenvalue weighted by Crippen LogP contribution is 2.27. The van der Waals surface area contributed by atoms with Crippen LogP contribution in [0.3, 0.4) is 0 Å². The SMILES string of the molecule is COc1cccc(C(CNC(=O)CNC(=O)c2ccc(C)c(C)c2)N2CCCC2)c1. The number of aryl methyl sites for hydroxylation is 2. The van der Waals surface area contributed by atoms with Gasteiger partial charge in [0.1, 0.15) is 5.75 Å². The standard InChI is InChI=1S/C24H31N3O3/c1-17-9-10-20(13-18(17)2)24(29)26-16-23(28)25-15-22(27-11-4-5-12-27)19-7-6-8-21(14-19)30-3/h6-10,13-14,22H,4-5,11-12,15-16H2,1-3H3,(H,25,28)(H,26,29). The Balaban J connectivity index is 1.57. The van der Waals surface area contributed by atoms with Crippen molar-refractivity contribution in [3.8, 4) is 5.75 Å². The third-order valence-electron chi connectivity index (χ3n) is 5.73. The van der Waals surface area contributed by atoms with Gasteiger partial charge in [-0.1, -0.05) is 18.2 Å². The molecule has 1 unspecified atom stereocenters. The van der Waals surface area contributed by atoms with E-state index in [1.54, 1.807) is 13.2 Å². The van der Waals surface area contributed by atoms with E-state index in [1.807, 2.05) is 44.2 Å². The molecule has 1 aliphatic rings. The summed E-state index contributed by atoms with van der Waals surface area (Å²) in [6.45, 7) is 6.45. The van der Waals surface area contributed by atoms with E-state index in [0.717, 1.165) is 35.5 Å². The summed E-state index contributed by atoms with van der Waals surface area (Å²) in [6.07, 6.45) is 2.33. The molecule has 30 heavy (non-hydrogen) atoms. The number of hydrogen-bond acceptors (Lipinski definition) is 4. The van der Waals surface area contributed by atoms with Gasteiger partial charge in [-0.25, -0.2) is 0 Å². The van der Waals surface area contributed by atoms with Gasteiger partial charge in [0.2, 0.25) is 5.91 Å². The Kier molecular flexibility index (Phi) is 7.46. The summed E-state index contributed by atoms with van der Waals surface area (Å²) in [5.74, 6) is 0.375. The fraction of sp³-hybridized carbons (Fsp3) is 0.417. The van der Waals surface area contributed by atoms with Crippen LogP contribution in [-0.2, 0) is 4.79 Å². The molecule has 160 valence electrons. The number of benzene rings is 2. The number of ether oxygens (including phenoxy) is 1. The number of rotatable bonds is 8. The zero-order chi connectivity index (χ0) is 21.5. The van der Waals surface area contributed by atoms with Crippen molar-refractivity contribution >= 4 is 11.8 Å². The fourth-order valence-electron chi connectivity index (χ4n) is 3.78. The first kappa shape index (κ1) is 21.8. The molecule has 0 bridgehead atoms. The number of nitrogens with zero attached hydrogens (tertiary/aromatic N) is 1. The molecular weight excluding hydrogens is 378 g/mol. The molecule has 1 aliphatic heterocycles. The van der Waals surface area contributed by atoms with E-state index in [4.69, 9.17) is 4.74 Å². The number of carbonyl (C=O) groups is 2. The van der Waals surface area contributed by atoms with Crippen molar-refractivity contribution in [2.75, 3.05) is 33.3 Å². The topological polar surface area (TPSA) is 70.7 Å². The molecule has 0 radical (unpaired) electrons. The molecule has 6 nitrogen and oxygen atoms in total. The molecule has 1 atom stereocenters. The largest absolute Gasteiger partial charge is 0.497 e. The summed E-state index contributed by atoms with van der Waals surface area (Å²) in [4.78, 5) is 27.1. The average molecular weight is 410 g/mol. The van der Waals surface area contributed by atoms with E-state index in [9.17, 15) is 9.59 Å². The molecule has 6 heteroatoms. The molecule has 1 fully saturated rings. The molecule has 2 aromatic carbocycles. The maximum absolute atomic E-state index is 12.4. The molecule has 0 saturated carbocycles. The van der Waals surface area contributed by atoms with Gasteiger partial charge < -0.3 is 15.4 Å². The lowest BCUT2D eigenvalue weighted by Crippen LogP contribution is -2.41. The molecule has 2 aromatic rings. The Morgan fingerprint density at radius 1 is 1.03 bits per heavy atom. The lowest BCUT2D eigenvalue weighted by atomic mass is 10.0. The monoisotopic (exact) mass is 409 g/mol. The molecule has 2 N–H and O–H groups in total. The zero-order valence-electron chi connectivity index (χ0n) is 18.0. The molecule has 1 saturated heterocycles. The maximum atomic E-state index is 12.4. The quantitative estimate of drug-likeness (QED) is 0.703. The van der Waals surface area contributed by atoms with E-state index in [-0.39, 0.29) is 24.4 Å². The van der Waals surface area contributed by atoms with Crippen molar-refractivity contribution in [2.45, 2.75) is 32.7 Å². The minimum Gasteiger partial charge on any atom is -0.497 e. The fourth-order valence-corrected chi connectivity index (χ4v) is 3.78. The van der Waals surface area contributed by atoms with Crippen LogP contribution in [0.5, 0.6) is 5.75 Å². The van der Waals surface area contributed by atoms with Gasteiger partial charge in [-0.3, -0.25) is 14.5 Å². The van der Waals surface area contributed by atoms with Crippen LogP contribution in [0.2, 0.25) is 0 Å². The summed E-state index contributed by atoms with van der Waals surface area (Å²) >= 11 is 0. The van der Waals surface area contributed by atoms with Crippen molar-refractivity contribution in [3.05, 3.63) is 64.7 Å². The second-order valence-corrected chi connectivity index (χ2v) is 7.82. The first-order valence-electron chi connectivity index (χ1n) is 10.5. The molecule has 0 aliphatic carbocycles. The highest BCUT2D eigenvalue weighted by molar-refractivity contribution is 5.96. The third-order valence-corrected chi connectivity index (χ3v) is 5.73. The van der Waals surface area contributed by atoms with Crippen LogP contribution in [-0.4, -0.2) is 50.0 Å². The van der Waals surface area contributed by atoms with Crippen LogP contribution >= 0.6 is 0 Å². The number of nitrogens with one attached hydrogen (secondary N) is 2. The maximum Gasteiger partial charge on any atom is 0.251 e. The number of likely N-dealkylation sites (tertiary alicyclic amines) is 1. The minimum absolute atomic E-state index is 0.0451. The zero-order valence-corrected chi connectivity index (χ0v) is 18.0. The molecule has 0 aromatic heterocycles. The summed E-state index contributed by atoms with van der Waals surface area (Å²) in [5.41, 5.74) is 3.88. The van der Waals surface area contributed by atoms with E-state index >= 15 is 0 Å². The van der Waals surface area contributed by atoms with Crippen molar-refractivity contribution in [2.24, 2.45) is 0 Å². The summed E-state index contributed by atoms with van der Waals surface area (Å²) < 4.78 is 5.36. The number of amides is 2. The average Bonchev–Trinajstić information content (AvgIpc) is 3.28. The number of methoxy groups -OCH3 is 1. The van der Waals surface area contributed by atoms with Gasteiger partial charge in [-0.05, 0) is 80.7 Å². The van der Waals surface area contributed by atoms with E-state index < -0.39 is 0 Å². The van der Waals surface area contributed by atoms with Crippen LogP contribution in [0.4, 0.5) is 0 Å². The Bertz CT molecular complexity index is 891. The van der Waals surface area contributed by atoms with Crippen molar-refractivity contribution < 1.29 is 14.3 Å². The number of hydrogen-bond donors (Lipinski definition) is 2. The third kappa shape index (κ3) is 5.60.